The van der Waals surface area contributed by atoms with Gasteiger partial charge in [0.25, 0.3) is 0 Å². The Balaban J connectivity index is 1.71. The highest BCUT2D eigenvalue weighted by Gasteiger charge is 2.15. The third-order valence-electron chi connectivity index (χ3n) is 4.07. The van der Waals surface area contributed by atoms with Crippen molar-refractivity contribution in [3.05, 3.63) is 58.6 Å². The maximum atomic E-state index is 13.5. The molecule has 0 saturated heterocycles. The van der Waals surface area contributed by atoms with Crippen LogP contribution in [0, 0.1) is 12.7 Å². The Kier molecular flexibility index (Phi) is 5.15. The molecular formula is C18H22FN5S. The minimum absolute atomic E-state index is 0.132. The summed E-state index contributed by atoms with van der Waals surface area (Å²) in [5.41, 5.74) is 2.83. The number of rotatable bonds is 6. The second-order valence-corrected chi connectivity index (χ2v) is 7.28. The molecule has 132 valence electrons. The molecular weight excluding hydrogens is 337 g/mol. The summed E-state index contributed by atoms with van der Waals surface area (Å²) in [5.74, 6) is -0.262. The van der Waals surface area contributed by atoms with Gasteiger partial charge < -0.3 is 10.2 Å². The van der Waals surface area contributed by atoms with Crippen molar-refractivity contribution in [3.63, 3.8) is 0 Å². The third-order valence-corrected chi connectivity index (χ3v) is 5.24. The van der Waals surface area contributed by atoms with Gasteiger partial charge in [-0.2, -0.15) is 5.10 Å². The van der Waals surface area contributed by atoms with E-state index in [0.29, 0.717) is 0 Å². The highest BCUT2D eigenvalue weighted by atomic mass is 32.1. The SMILES string of the molecule is Cc1c([C@@H](C)NCc2cnc(N(C)C)s2)cnn1-c1cccc(F)c1. The molecule has 0 fully saturated rings. The number of halogens is 1. The molecule has 3 rings (SSSR count). The maximum absolute atomic E-state index is 13.5. The average Bonchev–Trinajstić information content (AvgIpc) is 3.19. The van der Waals surface area contributed by atoms with Crippen LogP contribution in [-0.4, -0.2) is 28.9 Å². The van der Waals surface area contributed by atoms with E-state index in [2.05, 4.69) is 22.3 Å². The van der Waals surface area contributed by atoms with Crippen LogP contribution in [0.25, 0.3) is 5.69 Å². The first-order valence-electron chi connectivity index (χ1n) is 8.11. The van der Waals surface area contributed by atoms with Crippen LogP contribution in [0.2, 0.25) is 0 Å². The molecule has 0 aliphatic carbocycles. The molecule has 25 heavy (non-hydrogen) atoms. The van der Waals surface area contributed by atoms with Crippen LogP contribution in [0.4, 0.5) is 9.52 Å². The lowest BCUT2D eigenvalue weighted by Gasteiger charge is -2.13. The number of nitrogens with zero attached hydrogens (tertiary/aromatic N) is 4. The zero-order valence-corrected chi connectivity index (χ0v) is 15.6. The van der Waals surface area contributed by atoms with Gasteiger partial charge in [-0.15, -0.1) is 11.3 Å². The van der Waals surface area contributed by atoms with Crippen molar-refractivity contribution in [3.8, 4) is 5.69 Å². The standard InChI is InChI=1S/C18H22FN5S/c1-12(20-9-16-10-21-18(25-16)23(3)4)17-11-22-24(13(17)2)15-7-5-6-14(19)8-15/h5-8,10-12,20H,9H2,1-4H3/t12-/m1/s1. The number of benzene rings is 1. The quantitative estimate of drug-likeness (QED) is 0.729. The van der Waals surface area contributed by atoms with E-state index >= 15 is 0 Å². The lowest BCUT2D eigenvalue weighted by Crippen LogP contribution is -2.18. The topological polar surface area (TPSA) is 46.0 Å². The van der Waals surface area contributed by atoms with Gasteiger partial charge in [-0.1, -0.05) is 6.07 Å². The fourth-order valence-corrected chi connectivity index (χ4v) is 3.45. The van der Waals surface area contributed by atoms with E-state index in [1.165, 1.54) is 17.0 Å². The lowest BCUT2D eigenvalue weighted by atomic mass is 10.1. The van der Waals surface area contributed by atoms with E-state index in [0.717, 1.165) is 28.6 Å². The van der Waals surface area contributed by atoms with Gasteiger partial charge in [0, 0.05) is 49.0 Å². The molecule has 1 atom stereocenters. The number of anilines is 1. The molecule has 0 amide bonds. The number of aromatic nitrogens is 3. The first kappa shape index (κ1) is 17.6. The van der Waals surface area contributed by atoms with Gasteiger partial charge in [0.2, 0.25) is 0 Å². The van der Waals surface area contributed by atoms with Crippen molar-refractivity contribution in [2.75, 3.05) is 19.0 Å². The molecule has 2 aromatic heterocycles. The van der Waals surface area contributed by atoms with Crippen LogP contribution in [-0.2, 0) is 6.54 Å². The molecule has 0 aliphatic heterocycles. The fourth-order valence-electron chi connectivity index (χ4n) is 2.66. The summed E-state index contributed by atoms with van der Waals surface area (Å²) in [4.78, 5) is 7.58. The smallest absolute Gasteiger partial charge is 0.185 e. The number of hydrogen-bond donors (Lipinski definition) is 1. The Bertz CT molecular complexity index is 855. The van der Waals surface area contributed by atoms with Gasteiger partial charge in [0.15, 0.2) is 5.13 Å². The lowest BCUT2D eigenvalue weighted by molar-refractivity contribution is 0.575. The predicted molar refractivity (Wildman–Crippen MR) is 100.0 cm³/mol. The Morgan fingerprint density at radius 3 is 2.80 bits per heavy atom. The van der Waals surface area contributed by atoms with Crippen LogP contribution in [0.15, 0.2) is 36.7 Å². The fraction of sp³-hybridized carbons (Fsp3) is 0.333. The molecule has 1 N–H and O–H groups in total. The zero-order chi connectivity index (χ0) is 18.0. The monoisotopic (exact) mass is 359 g/mol. The van der Waals surface area contributed by atoms with E-state index in [-0.39, 0.29) is 11.9 Å². The van der Waals surface area contributed by atoms with Crippen LogP contribution < -0.4 is 10.2 Å². The van der Waals surface area contributed by atoms with Crippen molar-refractivity contribution in [1.29, 1.82) is 0 Å². The first-order chi connectivity index (χ1) is 12.0. The summed E-state index contributed by atoms with van der Waals surface area (Å²) in [5, 5.41) is 8.93. The third kappa shape index (κ3) is 3.88. The van der Waals surface area contributed by atoms with E-state index in [9.17, 15) is 4.39 Å². The van der Waals surface area contributed by atoms with Crippen molar-refractivity contribution < 1.29 is 4.39 Å². The maximum Gasteiger partial charge on any atom is 0.185 e. The summed E-state index contributed by atoms with van der Waals surface area (Å²) in [6.45, 7) is 4.85. The van der Waals surface area contributed by atoms with Crippen molar-refractivity contribution >= 4 is 16.5 Å². The van der Waals surface area contributed by atoms with Crippen LogP contribution >= 0.6 is 11.3 Å². The van der Waals surface area contributed by atoms with Crippen molar-refractivity contribution in [1.82, 2.24) is 20.1 Å². The first-order valence-corrected chi connectivity index (χ1v) is 8.93. The highest BCUT2D eigenvalue weighted by molar-refractivity contribution is 7.15. The van der Waals surface area contributed by atoms with E-state index in [4.69, 9.17) is 0 Å². The predicted octanol–water partition coefficient (Wildman–Crippen LogP) is 3.69. The Morgan fingerprint density at radius 1 is 1.32 bits per heavy atom. The van der Waals surface area contributed by atoms with Crippen LogP contribution in [0.1, 0.15) is 29.1 Å². The van der Waals surface area contributed by atoms with Crippen LogP contribution in [0.3, 0.4) is 0 Å². The van der Waals surface area contributed by atoms with Gasteiger partial charge in [-0.05, 0) is 32.0 Å². The Morgan fingerprint density at radius 2 is 2.12 bits per heavy atom. The summed E-state index contributed by atoms with van der Waals surface area (Å²) in [6.07, 6.45) is 3.75. The molecule has 2 heterocycles. The molecule has 0 radical (unpaired) electrons. The number of thiazole rings is 1. The molecule has 0 bridgehead atoms. The molecule has 0 spiro atoms. The van der Waals surface area contributed by atoms with Gasteiger partial charge in [0.1, 0.15) is 5.82 Å². The van der Waals surface area contributed by atoms with Crippen molar-refractivity contribution in [2.24, 2.45) is 0 Å². The molecule has 3 aromatic rings. The normalized spacial score (nSPS) is 12.4. The minimum Gasteiger partial charge on any atom is -0.354 e. The van der Waals surface area contributed by atoms with Gasteiger partial charge in [-0.25, -0.2) is 14.1 Å². The second-order valence-electron chi connectivity index (χ2n) is 6.18. The molecule has 0 aliphatic rings. The minimum atomic E-state index is -0.262. The Hall–Kier alpha value is -2.25. The van der Waals surface area contributed by atoms with Crippen LogP contribution in [0.5, 0.6) is 0 Å². The molecule has 5 nitrogen and oxygen atoms in total. The summed E-state index contributed by atoms with van der Waals surface area (Å²) in [7, 11) is 3.98. The van der Waals surface area contributed by atoms with Crippen molar-refractivity contribution in [2.45, 2.75) is 26.4 Å². The molecule has 7 heteroatoms. The van der Waals surface area contributed by atoms with Gasteiger partial charge >= 0.3 is 0 Å². The largest absolute Gasteiger partial charge is 0.354 e. The highest BCUT2D eigenvalue weighted by Crippen LogP contribution is 2.23. The number of nitrogens with one attached hydrogen (secondary N) is 1. The van der Waals surface area contributed by atoms with Gasteiger partial charge in [-0.3, -0.25) is 0 Å². The second kappa shape index (κ2) is 7.33. The van der Waals surface area contributed by atoms with E-state index in [1.807, 2.05) is 44.4 Å². The molecule has 0 unspecified atom stereocenters. The summed E-state index contributed by atoms with van der Waals surface area (Å²) < 4.78 is 15.2. The average molecular weight is 359 g/mol. The number of hydrogen-bond acceptors (Lipinski definition) is 5. The van der Waals surface area contributed by atoms with Gasteiger partial charge in [0.05, 0.1) is 11.9 Å². The zero-order valence-electron chi connectivity index (χ0n) is 14.8. The molecule has 0 saturated carbocycles. The summed E-state index contributed by atoms with van der Waals surface area (Å²) >= 11 is 1.68. The van der Waals surface area contributed by atoms with E-state index < -0.39 is 0 Å². The summed E-state index contributed by atoms with van der Waals surface area (Å²) in [6, 6.07) is 6.60. The van der Waals surface area contributed by atoms with E-state index in [1.54, 1.807) is 22.1 Å². The Labute approximate surface area is 151 Å². The molecule has 1 aromatic carbocycles.